The molecule has 2 atom stereocenters. The van der Waals surface area contributed by atoms with Gasteiger partial charge >= 0.3 is 5.97 Å². The van der Waals surface area contributed by atoms with Gasteiger partial charge in [-0.25, -0.2) is 0 Å². The van der Waals surface area contributed by atoms with Gasteiger partial charge in [0.2, 0.25) is 0 Å². The Morgan fingerprint density at radius 2 is 2.15 bits per heavy atom. The molecule has 0 aromatic carbocycles. The molecule has 1 heterocycles. The van der Waals surface area contributed by atoms with Crippen molar-refractivity contribution in [1.29, 1.82) is 0 Å². The first-order valence-corrected chi connectivity index (χ1v) is 7.09. The first kappa shape index (κ1) is 14.6. The van der Waals surface area contributed by atoms with Gasteiger partial charge in [0.15, 0.2) is 0 Å². The molecular formula is C14H21N3O3. The Morgan fingerprint density at radius 1 is 1.45 bits per heavy atom. The van der Waals surface area contributed by atoms with Crippen LogP contribution in [0.2, 0.25) is 0 Å². The maximum atomic E-state index is 12.3. The minimum atomic E-state index is -0.822. The molecule has 1 saturated carbocycles. The third-order valence-electron chi connectivity index (χ3n) is 3.88. The van der Waals surface area contributed by atoms with E-state index in [0.717, 1.165) is 25.0 Å². The normalized spacial score (nSPS) is 22.5. The highest BCUT2D eigenvalue weighted by molar-refractivity contribution is 5.95. The van der Waals surface area contributed by atoms with Crippen molar-refractivity contribution in [3.8, 4) is 0 Å². The zero-order valence-electron chi connectivity index (χ0n) is 11.9. The molecule has 20 heavy (non-hydrogen) atoms. The second-order valence-corrected chi connectivity index (χ2v) is 5.33. The van der Waals surface area contributed by atoms with Gasteiger partial charge in [-0.15, -0.1) is 0 Å². The maximum Gasteiger partial charge on any atom is 0.308 e. The number of hydrogen-bond donors (Lipinski definition) is 2. The quantitative estimate of drug-likeness (QED) is 0.871. The van der Waals surface area contributed by atoms with Crippen molar-refractivity contribution in [2.24, 2.45) is 13.0 Å². The highest BCUT2D eigenvalue weighted by Gasteiger charge is 2.32. The summed E-state index contributed by atoms with van der Waals surface area (Å²) in [6, 6.07) is -0.279. The summed E-state index contributed by atoms with van der Waals surface area (Å²) in [5.41, 5.74) is 1.29. The van der Waals surface area contributed by atoms with Crippen molar-refractivity contribution >= 4 is 11.9 Å². The second kappa shape index (κ2) is 6.07. The number of aryl methyl sites for hydroxylation is 2. The van der Waals surface area contributed by atoms with E-state index >= 15 is 0 Å². The summed E-state index contributed by atoms with van der Waals surface area (Å²) < 4.78 is 1.61. The zero-order valence-corrected chi connectivity index (χ0v) is 11.9. The van der Waals surface area contributed by atoms with Gasteiger partial charge < -0.3 is 10.4 Å². The molecule has 6 heteroatoms. The predicted octanol–water partition coefficient (Wildman–Crippen LogP) is 1.36. The van der Waals surface area contributed by atoms with Crippen molar-refractivity contribution in [2.75, 3.05) is 0 Å². The molecule has 2 unspecified atom stereocenters. The Balaban J connectivity index is 2.11. The summed E-state index contributed by atoms with van der Waals surface area (Å²) in [6.07, 6.45) is 5.60. The van der Waals surface area contributed by atoms with Crippen molar-refractivity contribution in [3.63, 3.8) is 0 Å². The summed E-state index contributed by atoms with van der Waals surface area (Å²) >= 11 is 0. The molecular weight excluding hydrogens is 258 g/mol. The van der Waals surface area contributed by atoms with Gasteiger partial charge in [0.1, 0.15) is 0 Å². The number of carbonyl (C=O) groups excluding carboxylic acids is 1. The summed E-state index contributed by atoms with van der Waals surface area (Å²) in [6.45, 7) is 1.94. The highest BCUT2D eigenvalue weighted by Crippen LogP contribution is 2.25. The molecule has 2 rings (SSSR count). The summed E-state index contributed by atoms with van der Waals surface area (Å²) in [4.78, 5) is 23.6. The third-order valence-corrected chi connectivity index (χ3v) is 3.88. The lowest BCUT2D eigenvalue weighted by Crippen LogP contribution is -2.45. The lowest BCUT2D eigenvalue weighted by atomic mass is 9.84. The minimum Gasteiger partial charge on any atom is -0.481 e. The van der Waals surface area contributed by atoms with Crippen LogP contribution < -0.4 is 5.32 Å². The van der Waals surface area contributed by atoms with E-state index < -0.39 is 11.9 Å². The van der Waals surface area contributed by atoms with E-state index in [2.05, 4.69) is 10.4 Å². The largest absolute Gasteiger partial charge is 0.481 e. The number of rotatable bonds is 4. The van der Waals surface area contributed by atoms with Crippen LogP contribution in [0.5, 0.6) is 0 Å². The van der Waals surface area contributed by atoms with Gasteiger partial charge in [-0.2, -0.15) is 5.10 Å². The molecule has 0 spiro atoms. The van der Waals surface area contributed by atoms with E-state index in [-0.39, 0.29) is 11.9 Å². The number of nitrogens with one attached hydrogen (secondary N) is 1. The van der Waals surface area contributed by atoms with E-state index in [1.165, 1.54) is 0 Å². The van der Waals surface area contributed by atoms with Crippen LogP contribution in [0, 0.1) is 5.92 Å². The van der Waals surface area contributed by atoms with Crippen LogP contribution in [0.1, 0.15) is 48.7 Å². The molecule has 1 aromatic heterocycles. The van der Waals surface area contributed by atoms with E-state index in [4.69, 9.17) is 0 Å². The lowest BCUT2D eigenvalue weighted by molar-refractivity contribution is -0.143. The summed E-state index contributed by atoms with van der Waals surface area (Å²) in [5, 5.41) is 16.3. The molecule has 0 radical (unpaired) electrons. The van der Waals surface area contributed by atoms with Gasteiger partial charge in [-0.1, -0.05) is 19.8 Å². The summed E-state index contributed by atoms with van der Waals surface area (Å²) in [7, 11) is 1.77. The number of carboxylic acids is 1. The first-order valence-electron chi connectivity index (χ1n) is 7.09. The molecule has 110 valence electrons. The van der Waals surface area contributed by atoms with Gasteiger partial charge in [0.25, 0.3) is 5.91 Å². The van der Waals surface area contributed by atoms with Crippen molar-refractivity contribution in [1.82, 2.24) is 15.1 Å². The van der Waals surface area contributed by atoms with Gasteiger partial charge in [-0.05, 0) is 19.3 Å². The van der Waals surface area contributed by atoms with E-state index in [1.807, 2.05) is 6.92 Å². The molecule has 1 fully saturated rings. The SMILES string of the molecule is CCc1nn(C)cc1C(=O)NC1CCCCC1C(=O)O. The van der Waals surface area contributed by atoms with Crippen molar-refractivity contribution in [2.45, 2.75) is 45.1 Å². The van der Waals surface area contributed by atoms with Crippen LogP contribution in [-0.4, -0.2) is 32.8 Å². The zero-order chi connectivity index (χ0) is 14.7. The Bertz CT molecular complexity index is 510. The molecule has 0 saturated heterocycles. The Labute approximate surface area is 118 Å². The third kappa shape index (κ3) is 3.00. The van der Waals surface area contributed by atoms with E-state index in [9.17, 15) is 14.7 Å². The molecule has 0 aliphatic heterocycles. The number of hydrogen-bond acceptors (Lipinski definition) is 3. The van der Waals surface area contributed by atoms with Crippen LogP contribution in [0.25, 0.3) is 0 Å². The van der Waals surface area contributed by atoms with Gasteiger partial charge in [0.05, 0.1) is 17.2 Å². The standard InChI is InChI=1S/C14H21N3O3/c1-3-11-10(8-17(2)16-11)13(18)15-12-7-5-4-6-9(12)14(19)20/h8-9,12H,3-7H2,1-2H3,(H,15,18)(H,19,20). The number of aliphatic carboxylic acids is 1. The average Bonchev–Trinajstić information content (AvgIpc) is 2.80. The average molecular weight is 279 g/mol. The molecule has 1 aromatic rings. The smallest absolute Gasteiger partial charge is 0.308 e. The Kier molecular flexibility index (Phi) is 4.42. The second-order valence-electron chi connectivity index (χ2n) is 5.33. The fraction of sp³-hybridized carbons (Fsp3) is 0.643. The van der Waals surface area contributed by atoms with Crippen LogP contribution in [-0.2, 0) is 18.3 Å². The minimum absolute atomic E-state index is 0.215. The number of nitrogens with zero attached hydrogens (tertiary/aromatic N) is 2. The fourth-order valence-corrected chi connectivity index (χ4v) is 2.83. The van der Waals surface area contributed by atoms with Gasteiger partial charge in [-0.3, -0.25) is 14.3 Å². The fourth-order valence-electron chi connectivity index (χ4n) is 2.83. The van der Waals surface area contributed by atoms with Crippen LogP contribution in [0.3, 0.4) is 0 Å². The Morgan fingerprint density at radius 3 is 2.80 bits per heavy atom. The number of carbonyl (C=O) groups is 2. The molecule has 2 N–H and O–H groups in total. The number of aromatic nitrogens is 2. The summed E-state index contributed by atoms with van der Waals surface area (Å²) in [5.74, 6) is -1.51. The molecule has 1 amide bonds. The lowest BCUT2D eigenvalue weighted by Gasteiger charge is -2.29. The molecule has 0 bridgehead atoms. The van der Waals surface area contributed by atoms with E-state index in [0.29, 0.717) is 18.4 Å². The molecule has 1 aliphatic carbocycles. The maximum absolute atomic E-state index is 12.3. The Hall–Kier alpha value is -1.85. The monoisotopic (exact) mass is 279 g/mol. The van der Waals surface area contributed by atoms with Crippen LogP contribution in [0.15, 0.2) is 6.20 Å². The number of amides is 1. The van der Waals surface area contributed by atoms with E-state index in [1.54, 1.807) is 17.9 Å². The van der Waals surface area contributed by atoms with Gasteiger partial charge in [0, 0.05) is 19.3 Å². The van der Waals surface area contributed by atoms with Crippen LogP contribution in [0.4, 0.5) is 0 Å². The topological polar surface area (TPSA) is 84.2 Å². The predicted molar refractivity (Wildman–Crippen MR) is 73.4 cm³/mol. The number of carboxylic acid groups (broad SMARTS) is 1. The highest BCUT2D eigenvalue weighted by atomic mass is 16.4. The first-order chi connectivity index (χ1) is 9.52. The van der Waals surface area contributed by atoms with Crippen molar-refractivity contribution in [3.05, 3.63) is 17.5 Å². The van der Waals surface area contributed by atoms with Crippen LogP contribution >= 0.6 is 0 Å². The molecule has 1 aliphatic rings. The van der Waals surface area contributed by atoms with Crippen molar-refractivity contribution < 1.29 is 14.7 Å². The molecule has 6 nitrogen and oxygen atoms in total.